The molecule has 0 saturated heterocycles. The Bertz CT molecular complexity index is 1220. The maximum absolute atomic E-state index is 13.4. The molecule has 2 nitrogen and oxygen atoms in total. The molecule has 0 amide bonds. The topological polar surface area (TPSA) is 22.1 Å². The Morgan fingerprint density at radius 2 is 1.48 bits per heavy atom. The predicted molar refractivity (Wildman–Crippen MR) is 110 cm³/mol. The Kier molecular flexibility index (Phi) is 5.33. The van der Waals surface area contributed by atoms with Crippen molar-refractivity contribution < 1.29 is 13.5 Å². The normalized spacial score (nSPS) is 10.6. The van der Waals surface area contributed by atoms with Crippen LogP contribution in [0.5, 0.6) is 0 Å². The lowest BCUT2D eigenvalue weighted by atomic mass is 10.1. The Morgan fingerprint density at radius 3 is 2.17 bits per heavy atom. The van der Waals surface area contributed by atoms with Crippen LogP contribution in [0.15, 0.2) is 72.9 Å². The smallest absolute Gasteiger partial charge is 0.159 e. The lowest BCUT2D eigenvalue weighted by molar-refractivity contribution is 0.184. The highest BCUT2D eigenvalue weighted by Crippen LogP contribution is 2.20. The molecular weight excluding hydrogens is 368 g/mol. The third-order valence-electron chi connectivity index (χ3n) is 4.55. The van der Waals surface area contributed by atoms with E-state index in [4.69, 9.17) is 4.74 Å². The van der Waals surface area contributed by atoms with E-state index in [2.05, 4.69) is 16.8 Å². The number of hydrogen-bond acceptors (Lipinski definition) is 2. The molecule has 0 unspecified atom stereocenters. The van der Waals surface area contributed by atoms with Crippen LogP contribution in [0.4, 0.5) is 8.78 Å². The first-order valence-electron chi connectivity index (χ1n) is 9.07. The molecule has 0 spiro atoms. The highest BCUT2D eigenvalue weighted by atomic mass is 19.2. The molecule has 0 aliphatic rings. The highest BCUT2D eigenvalue weighted by molar-refractivity contribution is 5.84. The summed E-state index contributed by atoms with van der Waals surface area (Å²) in [6.45, 7) is 0.540. The van der Waals surface area contributed by atoms with Gasteiger partial charge in [-0.2, -0.15) is 0 Å². The Morgan fingerprint density at radius 1 is 0.793 bits per heavy atom. The van der Waals surface area contributed by atoms with Crippen LogP contribution in [0.2, 0.25) is 0 Å². The minimum atomic E-state index is -0.859. The van der Waals surface area contributed by atoms with Crippen LogP contribution in [0.1, 0.15) is 16.7 Å². The monoisotopic (exact) mass is 385 g/mol. The second-order valence-electron chi connectivity index (χ2n) is 6.64. The van der Waals surface area contributed by atoms with Crippen molar-refractivity contribution in [2.75, 3.05) is 7.11 Å². The Hall–Kier alpha value is -3.55. The van der Waals surface area contributed by atoms with Gasteiger partial charge in [-0.1, -0.05) is 36.1 Å². The molecule has 4 rings (SSSR count). The number of rotatable bonds is 3. The molecule has 0 radical (unpaired) electrons. The summed E-state index contributed by atoms with van der Waals surface area (Å²) >= 11 is 0. The number of benzene rings is 3. The number of pyridine rings is 1. The molecule has 4 aromatic rings. The van der Waals surface area contributed by atoms with E-state index in [0.29, 0.717) is 17.4 Å². The SMILES string of the molecule is COCc1ccc(-c2ccc(C#Cc3ccc4cc(F)c(F)cc4c3)cc2)nc1. The maximum atomic E-state index is 13.4. The lowest BCUT2D eigenvalue weighted by Crippen LogP contribution is -1.90. The van der Waals surface area contributed by atoms with Crippen LogP contribution in [0, 0.1) is 23.5 Å². The second-order valence-corrected chi connectivity index (χ2v) is 6.64. The van der Waals surface area contributed by atoms with Crippen molar-refractivity contribution in [1.82, 2.24) is 4.98 Å². The summed E-state index contributed by atoms with van der Waals surface area (Å²) in [5, 5.41) is 1.26. The summed E-state index contributed by atoms with van der Waals surface area (Å²) in [4.78, 5) is 4.46. The molecular formula is C25H17F2NO. The highest BCUT2D eigenvalue weighted by Gasteiger charge is 2.04. The summed E-state index contributed by atoms with van der Waals surface area (Å²) in [5.41, 5.74) is 4.51. The fourth-order valence-electron chi connectivity index (χ4n) is 3.04. The van der Waals surface area contributed by atoms with Gasteiger partial charge in [0.05, 0.1) is 12.3 Å². The van der Waals surface area contributed by atoms with Gasteiger partial charge in [0.1, 0.15) is 0 Å². The first-order chi connectivity index (χ1) is 14.1. The molecule has 0 bridgehead atoms. The first kappa shape index (κ1) is 18.8. The molecule has 0 N–H and O–H groups in total. The number of aromatic nitrogens is 1. The number of hydrogen-bond donors (Lipinski definition) is 0. The van der Waals surface area contributed by atoms with Crippen LogP contribution < -0.4 is 0 Å². The second kappa shape index (κ2) is 8.22. The van der Waals surface area contributed by atoms with Crippen LogP contribution in [0.3, 0.4) is 0 Å². The van der Waals surface area contributed by atoms with Crippen LogP contribution in [0.25, 0.3) is 22.0 Å². The summed E-state index contributed by atoms with van der Waals surface area (Å²) < 4.78 is 31.9. The van der Waals surface area contributed by atoms with Crippen LogP contribution in [-0.4, -0.2) is 12.1 Å². The van der Waals surface area contributed by atoms with E-state index in [1.807, 2.05) is 36.4 Å². The van der Waals surface area contributed by atoms with Gasteiger partial charge in [0.25, 0.3) is 0 Å². The largest absolute Gasteiger partial charge is 0.380 e. The van der Waals surface area contributed by atoms with Gasteiger partial charge in [0, 0.05) is 30.0 Å². The summed E-state index contributed by atoms with van der Waals surface area (Å²) in [6, 6.07) is 19.4. The number of halogens is 2. The lowest BCUT2D eigenvalue weighted by Gasteiger charge is -2.03. The van der Waals surface area contributed by atoms with Crippen molar-refractivity contribution >= 4 is 10.8 Å². The van der Waals surface area contributed by atoms with Crippen molar-refractivity contribution in [2.24, 2.45) is 0 Å². The van der Waals surface area contributed by atoms with E-state index in [1.54, 1.807) is 31.5 Å². The average Bonchev–Trinajstić information content (AvgIpc) is 2.74. The molecule has 142 valence electrons. The van der Waals surface area contributed by atoms with Crippen molar-refractivity contribution in [1.29, 1.82) is 0 Å². The summed E-state index contributed by atoms with van der Waals surface area (Å²) in [6.07, 6.45) is 1.81. The summed E-state index contributed by atoms with van der Waals surface area (Å²) in [5.74, 6) is 4.47. The van der Waals surface area contributed by atoms with Gasteiger partial charge in [-0.15, -0.1) is 0 Å². The molecule has 1 heterocycles. The molecule has 0 saturated carbocycles. The Balaban J connectivity index is 1.54. The van der Waals surface area contributed by atoms with Gasteiger partial charge >= 0.3 is 0 Å². The van der Waals surface area contributed by atoms with Gasteiger partial charge in [0.15, 0.2) is 11.6 Å². The molecule has 29 heavy (non-hydrogen) atoms. The van der Waals surface area contributed by atoms with Crippen molar-refractivity contribution in [3.63, 3.8) is 0 Å². The van der Waals surface area contributed by atoms with Gasteiger partial charge in [-0.25, -0.2) is 8.78 Å². The molecule has 0 aliphatic carbocycles. The quantitative estimate of drug-likeness (QED) is 0.421. The maximum Gasteiger partial charge on any atom is 0.159 e. The third-order valence-corrected chi connectivity index (χ3v) is 4.55. The Labute approximate surface area is 167 Å². The zero-order valence-corrected chi connectivity index (χ0v) is 15.7. The van der Waals surface area contributed by atoms with Gasteiger partial charge < -0.3 is 4.74 Å². The molecule has 0 fully saturated rings. The van der Waals surface area contributed by atoms with Gasteiger partial charge in [-0.05, 0) is 58.8 Å². The summed E-state index contributed by atoms with van der Waals surface area (Å²) in [7, 11) is 1.66. The van der Waals surface area contributed by atoms with Crippen LogP contribution >= 0.6 is 0 Å². The first-order valence-corrected chi connectivity index (χ1v) is 9.07. The number of methoxy groups -OCH3 is 1. The van der Waals surface area contributed by atoms with Gasteiger partial charge in [0.2, 0.25) is 0 Å². The van der Waals surface area contributed by atoms with E-state index in [0.717, 1.165) is 27.9 Å². The predicted octanol–water partition coefficient (Wildman–Crippen LogP) is 5.73. The minimum Gasteiger partial charge on any atom is -0.380 e. The van der Waals surface area contributed by atoms with Crippen molar-refractivity contribution in [2.45, 2.75) is 6.61 Å². The number of ether oxygens (including phenoxy) is 1. The molecule has 0 aliphatic heterocycles. The minimum absolute atomic E-state index is 0.540. The average molecular weight is 385 g/mol. The number of fused-ring (bicyclic) bond motifs is 1. The van der Waals surface area contributed by atoms with E-state index in [1.165, 1.54) is 12.1 Å². The third kappa shape index (κ3) is 4.31. The molecule has 1 aromatic heterocycles. The molecule has 0 atom stereocenters. The van der Waals surface area contributed by atoms with Crippen molar-refractivity contribution in [3.8, 4) is 23.1 Å². The van der Waals surface area contributed by atoms with Crippen molar-refractivity contribution in [3.05, 3.63) is 101 Å². The van der Waals surface area contributed by atoms with Crippen LogP contribution in [-0.2, 0) is 11.3 Å². The zero-order valence-electron chi connectivity index (χ0n) is 15.7. The number of nitrogens with zero attached hydrogens (tertiary/aromatic N) is 1. The van der Waals surface area contributed by atoms with E-state index in [9.17, 15) is 8.78 Å². The molecule has 3 aromatic carbocycles. The van der Waals surface area contributed by atoms with E-state index in [-0.39, 0.29) is 0 Å². The molecule has 4 heteroatoms. The van der Waals surface area contributed by atoms with E-state index < -0.39 is 11.6 Å². The fourth-order valence-corrected chi connectivity index (χ4v) is 3.04. The zero-order chi connectivity index (χ0) is 20.2. The standard InChI is InChI=1S/C25H17F2NO/c1-29-16-19-7-11-25(28-15-19)20-8-4-17(5-9-20)2-3-18-6-10-21-13-23(26)24(27)14-22(21)12-18/h4-15H,16H2,1H3. The fraction of sp³-hybridized carbons (Fsp3) is 0.0800. The van der Waals surface area contributed by atoms with Gasteiger partial charge in [-0.3, -0.25) is 4.98 Å². The van der Waals surface area contributed by atoms with E-state index >= 15 is 0 Å².